The first-order valence-electron chi connectivity index (χ1n) is 6.62. The molecule has 0 aliphatic heterocycles. The molecular weight excluding hydrogens is 246 g/mol. The van der Waals surface area contributed by atoms with Crippen LogP contribution in [0.5, 0.6) is 0 Å². The molecule has 2 heterocycles. The van der Waals surface area contributed by atoms with Crippen LogP contribution in [0.25, 0.3) is 27.7 Å². The Morgan fingerprint density at radius 1 is 0.950 bits per heavy atom. The van der Waals surface area contributed by atoms with E-state index < -0.39 is 0 Å². The molecule has 20 heavy (non-hydrogen) atoms. The van der Waals surface area contributed by atoms with Crippen LogP contribution in [0, 0.1) is 6.92 Å². The second-order valence-corrected chi connectivity index (χ2v) is 4.91. The van der Waals surface area contributed by atoms with Gasteiger partial charge in [-0.2, -0.15) is 5.10 Å². The van der Waals surface area contributed by atoms with Gasteiger partial charge in [-0.1, -0.05) is 42.5 Å². The average Bonchev–Trinajstić information content (AvgIpc) is 2.87. The van der Waals surface area contributed by atoms with E-state index in [0.717, 1.165) is 17.0 Å². The normalized spacial score (nSPS) is 11.2. The van der Waals surface area contributed by atoms with Crippen molar-refractivity contribution in [1.29, 1.82) is 0 Å². The van der Waals surface area contributed by atoms with Crippen molar-refractivity contribution in [3.8, 4) is 11.3 Å². The molecule has 96 valence electrons. The maximum Gasteiger partial charge on any atom is 0.155 e. The van der Waals surface area contributed by atoms with E-state index in [1.54, 1.807) is 0 Å². The molecule has 0 saturated carbocycles. The molecule has 0 spiro atoms. The van der Waals surface area contributed by atoms with E-state index in [1.165, 1.54) is 16.3 Å². The lowest BCUT2D eigenvalue weighted by atomic mass is 10.0. The fraction of sp³-hybridized carbons (Fsp3) is 0.0588. The quantitative estimate of drug-likeness (QED) is 0.519. The Hall–Kier alpha value is -2.68. The summed E-state index contributed by atoms with van der Waals surface area (Å²) < 4.78 is 1.91. The van der Waals surface area contributed by atoms with Gasteiger partial charge in [-0.15, -0.1) is 0 Å². The van der Waals surface area contributed by atoms with Crippen molar-refractivity contribution in [1.82, 2.24) is 14.6 Å². The third-order valence-corrected chi connectivity index (χ3v) is 3.55. The molecule has 2 aromatic heterocycles. The predicted octanol–water partition coefficient (Wildman–Crippen LogP) is 3.86. The lowest BCUT2D eigenvalue weighted by Crippen LogP contribution is -1.96. The van der Waals surface area contributed by atoms with Gasteiger partial charge >= 0.3 is 0 Å². The van der Waals surface area contributed by atoms with Crippen molar-refractivity contribution in [2.24, 2.45) is 0 Å². The molecule has 0 fully saturated rings. The Morgan fingerprint density at radius 2 is 1.80 bits per heavy atom. The van der Waals surface area contributed by atoms with Crippen LogP contribution in [0.3, 0.4) is 0 Å². The van der Waals surface area contributed by atoms with E-state index in [1.807, 2.05) is 29.8 Å². The second-order valence-electron chi connectivity index (χ2n) is 4.91. The minimum absolute atomic E-state index is 0.882. The van der Waals surface area contributed by atoms with Gasteiger partial charge in [-0.05, 0) is 23.8 Å². The van der Waals surface area contributed by atoms with Crippen molar-refractivity contribution in [2.75, 3.05) is 0 Å². The fourth-order valence-electron chi connectivity index (χ4n) is 2.66. The van der Waals surface area contributed by atoms with E-state index in [9.17, 15) is 0 Å². The summed E-state index contributed by atoms with van der Waals surface area (Å²) in [6.45, 7) is 1.99. The van der Waals surface area contributed by atoms with E-state index in [-0.39, 0.29) is 0 Å². The first-order valence-corrected chi connectivity index (χ1v) is 6.62. The molecule has 4 rings (SSSR count). The number of aromatic nitrogens is 3. The van der Waals surface area contributed by atoms with Crippen molar-refractivity contribution in [3.63, 3.8) is 0 Å². The van der Waals surface area contributed by atoms with Gasteiger partial charge in [0.25, 0.3) is 0 Å². The predicted molar refractivity (Wildman–Crippen MR) is 80.7 cm³/mol. The number of fused-ring (bicyclic) bond motifs is 2. The maximum atomic E-state index is 4.55. The van der Waals surface area contributed by atoms with Crippen LogP contribution in [0.4, 0.5) is 0 Å². The van der Waals surface area contributed by atoms with Gasteiger partial charge in [0.1, 0.15) is 0 Å². The Balaban J connectivity index is 2.11. The third kappa shape index (κ3) is 1.60. The number of rotatable bonds is 1. The molecule has 0 N–H and O–H groups in total. The molecule has 0 radical (unpaired) electrons. The van der Waals surface area contributed by atoms with Crippen LogP contribution in [-0.2, 0) is 0 Å². The van der Waals surface area contributed by atoms with Gasteiger partial charge < -0.3 is 0 Å². The first-order chi connectivity index (χ1) is 9.83. The van der Waals surface area contributed by atoms with Crippen molar-refractivity contribution in [2.45, 2.75) is 6.92 Å². The molecule has 4 aromatic rings. The van der Waals surface area contributed by atoms with Crippen molar-refractivity contribution in [3.05, 3.63) is 66.5 Å². The summed E-state index contributed by atoms with van der Waals surface area (Å²) in [5, 5.41) is 7.02. The Kier molecular flexibility index (Phi) is 2.33. The van der Waals surface area contributed by atoms with E-state index in [2.05, 4.69) is 52.5 Å². The lowest BCUT2D eigenvalue weighted by Gasteiger charge is -2.08. The molecule has 0 unspecified atom stereocenters. The highest BCUT2D eigenvalue weighted by molar-refractivity contribution is 5.96. The summed E-state index contributed by atoms with van der Waals surface area (Å²) in [6.07, 6.45) is 1.84. The zero-order valence-electron chi connectivity index (χ0n) is 11.1. The van der Waals surface area contributed by atoms with Crippen molar-refractivity contribution < 1.29 is 0 Å². The van der Waals surface area contributed by atoms with Gasteiger partial charge in [0.15, 0.2) is 5.65 Å². The minimum atomic E-state index is 0.882. The number of aryl methyl sites for hydroxylation is 1. The molecule has 3 heteroatoms. The highest BCUT2D eigenvalue weighted by atomic mass is 15.3. The lowest BCUT2D eigenvalue weighted by molar-refractivity contribution is 0.926. The number of hydrogen-bond acceptors (Lipinski definition) is 2. The summed E-state index contributed by atoms with van der Waals surface area (Å²) >= 11 is 0. The standard InChI is InChI=1S/C17H13N3/c1-12-11-17-18-10-9-16(20(17)19-12)15-8-4-6-13-5-2-3-7-14(13)15/h2-11H,1H3. The highest BCUT2D eigenvalue weighted by Gasteiger charge is 2.09. The summed E-state index contributed by atoms with van der Waals surface area (Å²) in [5.74, 6) is 0. The molecule has 0 saturated heterocycles. The summed E-state index contributed by atoms with van der Waals surface area (Å²) in [5.41, 5.74) is 4.11. The SMILES string of the molecule is Cc1cc2nccc(-c3cccc4ccccc34)n2n1. The molecule has 0 aliphatic carbocycles. The summed E-state index contributed by atoms with van der Waals surface area (Å²) in [7, 11) is 0. The Bertz CT molecular complexity index is 916. The fourth-order valence-corrected chi connectivity index (χ4v) is 2.66. The second kappa shape index (κ2) is 4.17. The van der Waals surface area contributed by atoms with E-state index >= 15 is 0 Å². The van der Waals surface area contributed by atoms with Crippen LogP contribution >= 0.6 is 0 Å². The van der Waals surface area contributed by atoms with Crippen LogP contribution in [0.2, 0.25) is 0 Å². The van der Waals surface area contributed by atoms with Crippen LogP contribution in [0.15, 0.2) is 60.8 Å². The van der Waals surface area contributed by atoms with Gasteiger partial charge in [0.05, 0.1) is 11.4 Å². The molecular formula is C17H13N3. The molecule has 0 atom stereocenters. The van der Waals surface area contributed by atoms with Crippen molar-refractivity contribution >= 4 is 16.4 Å². The zero-order chi connectivity index (χ0) is 13.5. The largest absolute Gasteiger partial charge is 0.237 e. The van der Waals surface area contributed by atoms with Gasteiger partial charge in [0, 0.05) is 17.8 Å². The molecule has 2 aromatic carbocycles. The smallest absolute Gasteiger partial charge is 0.155 e. The average molecular weight is 259 g/mol. The summed E-state index contributed by atoms with van der Waals surface area (Å²) in [6, 6.07) is 18.8. The van der Waals surface area contributed by atoms with Crippen LogP contribution < -0.4 is 0 Å². The maximum absolute atomic E-state index is 4.55. The molecule has 0 aliphatic rings. The highest BCUT2D eigenvalue weighted by Crippen LogP contribution is 2.28. The zero-order valence-corrected chi connectivity index (χ0v) is 11.1. The summed E-state index contributed by atoms with van der Waals surface area (Å²) in [4.78, 5) is 4.37. The van der Waals surface area contributed by atoms with Crippen LogP contribution in [-0.4, -0.2) is 14.6 Å². The molecule has 0 bridgehead atoms. The van der Waals surface area contributed by atoms with Gasteiger partial charge in [-0.3, -0.25) is 0 Å². The number of hydrogen-bond donors (Lipinski definition) is 0. The molecule has 0 amide bonds. The van der Waals surface area contributed by atoms with E-state index in [0.29, 0.717) is 0 Å². The van der Waals surface area contributed by atoms with E-state index in [4.69, 9.17) is 0 Å². The van der Waals surface area contributed by atoms with Crippen LogP contribution in [0.1, 0.15) is 5.69 Å². The number of benzene rings is 2. The Labute approximate surface area is 116 Å². The third-order valence-electron chi connectivity index (χ3n) is 3.55. The first kappa shape index (κ1) is 11.2. The Morgan fingerprint density at radius 3 is 2.75 bits per heavy atom. The molecule has 3 nitrogen and oxygen atoms in total. The van der Waals surface area contributed by atoms with Gasteiger partial charge in [0.2, 0.25) is 0 Å². The monoisotopic (exact) mass is 259 g/mol. The minimum Gasteiger partial charge on any atom is -0.237 e. The van der Waals surface area contributed by atoms with Gasteiger partial charge in [-0.25, -0.2) is 9.50 Å². The number of nitrogens with zero attached hydrogens (tertiary/aromatic N) is 3. The topological polar surface area (TPSA) is 30.2 Å².